The van der Waals surface area contributed by atoms with E-state index in [0.29, 0.717) is 23.8 Å². The summed E-state index contributed by atoms with van der Waals surface area (Å²) in [4.78, 5) is 14.4. The van der Waals surface area contributed by atoms with Gasteiger partial charge in [0.25, 0.3) is 0 Å². The average molecular weight is 292 g/mol. The molecule has 1 saturated heterocycles. The normalized spacial score (nSPS) is 18.6. The van der Waals surface area contributed by atoms with E-state index in [1.807, 2.05) is 12.1 Å². The molecule has 21 heavy (non-hydrogen) atoms. The van der Waals surface area contributed by atoms with E-state index in [1.165, 1.54) is 0 Å². The van der Waals surface area contributed by atoms with Crippen molar-refractivity contribution >= 4 is 17.3 Å². The molecular weight excluding hydrogens is 268 g/mol. The smallest absolute Gasteiger partial charge is 0.340 e. The number of ether oxygens (including phenoxy) is 2. The van der Waals surface area contributed by atoms with Crippen LogP contribution in [0.15, 0.2) is 18.2 Å². The first-order valence-corrected chi connectivity index (χ1v) is 7.46. The molecule has 5 nitrogen and oxygen atoms in total. The second-order valence-corrected chi connectivity index (χ2v) is 5.41. The Morgan fingerprint density at radius 2 is 2.29 bits per heavy atom. The van der Waals surface area contributed by atoms with Gasteiger partial charge in [-0.15, -0.1) is 0 Å². The summed E-state index contributed by atoms with van der Waals surface area (Å²) in [6.07, 6.45) is 2.26. The molecule has 1 aromatic carbocycles. The van der Waals surface area contributed by atoms with Crippen LogP contribution in [0, 0.1) is 5.92 Å². The average Bonchev–Trinajstić information content (AvgIpc) is 2.48. The standard InChI is InChI=1S/C16H24N2O3/c1-3-21-16(19)14-9-13(17)6-7-15(14)18-8-4-5-12(10-18)11-20-2/h6-7,9,12H,3-5,8,10-11,17H2,1-2H3. The second kappa shape index (κ2) is 7.31. The van der Waals surface area contributed by atoms with Gasteiger partial charge >= 0.3 is 5.97 Å². The van der Waals surface area contributed by atoms with Crippen molar-refractivity contribution in [2.24, 2.45) is 5.92 Å². The molecule has 0 aliphatic carbocycles. The van der Waals surface area contributed by atoms with Crippen LogP contribution in [0.2, 0.25) is 0 Å². The molecule has 0 spiro atoms. The molecule has 0 amide bonds. The van der Waals surface area contributed by atoms with Crippen LogP contribution in [-0.2, 0) is 9.47 Å². The number of nitrogens with zero attached hydrogens (tertiary/aromatic N) is 1. The summed E-state index contributed by atoms with van der Waals surface area (Å²) in [6.45, 7) is 4.75. The highest BCUT2D eigenvalue weighted by Crippen LogP contribution is 2.28. The lowest BCUT2D eigenvalue weighted by Gasteiger charge is -2.35. The predicted molar refractivity (Wildman–Crippen MR) is 83.6 cm³/mol. The van der Waals surface area contributed by atoms with Gasteiger partial charge in [0.2, 0.25) is 0 Å². The molecule has 1 fully saturated rings. The molecule has 0 radical (unpaired) electrons. The van der Waals surface area contributed by atoms with Crippen LogP contribution in [0.5, 0.6) is 0 Å². The number of piperidine rings is 1. The third-order valence-corrected chi connectivity index (χ3v) is 3.78. The van der Waals surface area contributed by atoms with Crippen LogP contribution in [-0.4, -0.2) is 39.4 Å². The molecule has 0 saturated carbocycles. The molecule has 1 unspecified atom stereocenters. The van der Waals surface area contributed by atoms with Crippen LogP contribution in [0.4, 0.5) is 11.4 Å². The lowest BCUT2D eigenvalue weighted by atomic mass is 9.97. The van der Waals surface area contributed by atoms with Gasteiger partial charge in [0.05, 0.1) is 24.5 Å². The summed E-state index contributed by atoms with van der Waals surface area (Å²) in [7, 11) is 1.73. The fourth-order valence-corrected chi connectivity index (χ4v) is 2.86. The molecule has 1 aromatic rings. The number of anilines is 2. The number of benzene rings is 1. The Labute approximate surface area is 126 Å². The van der Waals surface area contributed by atoms with Gasteiger partial charge in [0.1, 0.15) is 0 Å². The van der Waals surface area contributed by atoms with Crippen LogP contribution >= 0.6 is 0 Å². The van der Waals surface area contributed by atoms with Gasteiger partial charge in [-0.1, -0.05) is 0 Å². The van der Waals surface area contributed by atoms with E-state index >= 15 is 0 Å². The molecular formula is C16H24N2O3. The molecule has 1 heterocycles. The highest BCUT2D eigenvalue weighted by molar-refractivity contribution is 5.97. The predicted octanol–water partition coefficient (Wildman–Crippen LogP) is 2.31. The number of hydrogen-bond donors (Lipinski definition) is 1. The Morgan fingerprint density at radius 1 is 1.48 bits per heavy atom. The SMILES string of the molecule is CCOC(=O)c1cc(N)ccc1N1CCCC(COC)C1. The fraction of sp³-hybridized carbons (Fsp3) is 0.562. The van der Waals surface area contributed by atoms with E-state index in [2.05, 4.69) is 4.90 Å². The van der Waals surface area contributed by atoms with Crippen molar-refractivity contribution in [3.63, 3.8) is 0 Å². The molecule has 0 aromatic heterocycles. The van der Waals surface area contributed by atoms with Crippen molar-refractivity contribution in [1.29, 1.82) is 0 Å². The molecule has 1 aliphatic rings. The lowest BCUT2D eigenvalue weighted by molar-refractivity contribution is 0.0527. The van der Waals surface area contributed by atoms with Crippen molar-refractivity contribution in [3.8, 4) is 0 Å². The summed E-state index contributed by atoms with van der Waals surface area (Å²) >= 11 is 0. The highest BCUT2D eigenvalue weighted by Gasteiger charge is 2.24. The van der Waals surface area contributed by atoms with Crippen molar-refractivity contribution in [2.75, 3.05) is 44.0 Å². The minimum Gasteiger partial charge on any atom is -0.462 e. The van der Waals surface area contributed by atoms with Crippen LogP contribution < -0.4 is 10.6 Å². The summed E-state index contributed by atoms with van der Waals surface area (Å²) < 4.78 is 10.4. The van der Waals surface area contributed by atoms with Gasteiger partial charge in [-0.3, -0.25) is 0 Å². The van der Waals surface area contributed by atoms with Gasteiger partial charge in [-0.05, 0) is 43.9 Å². The maximum atomic E-state index is 12.1. The first kappa shape index (κ1) is 15.6. The molecule has 1 aliphatic heterocycles. The molecule has 0 bridgehead atoms. The van der Waals surface area contributed by atoms with Gasteiger partial charge in [-0.25, -0.2) is 4.79 Å². The van der Waals surface area contributed by atoms with E-state index < -0.39 is 0 Å². The van der Waals surface area contributed by atoms with Crippen LogP contribution in [0.25, 0.3) is 0 Å². The van der Waals surface area contributed by atoms with Crippen LogP contribution in [0.3, 0.4) is 0 Å². The van der Waals surface area contributed by atoms with E-state index in [0.717, 1.165) is 38.2 Å². The zero-order chi connectivity index (χ0) is 15.2. The van der Waals surface area contributed by atoms with E-state index in [4.69, 9.17) is 15.2 Å². The first-order valence-electron chi connectivity index (χ1n) is 7.46. The Morgan fingerprint density at radius 3 is 3.00 bits per heavy atom. The Bertz CT molecular complexity index is 488. The zero-order valence-electron chi connectivity index (χ0n) is 12.8. The topological polar surface area (TPSA) is 64.8 Å². The van der Waals surface area contributed by atoms with Crippen molar-refractivity contribution < 1.29 is 14.3 Å². The molecule has 116 valence electrons. The summed E-state index contributed by atoms with van der Waals surface area (Å²) in [5.41, 5.74) is 7.85. The zero-order valence-corrected chi connectivity index (χ0v) is 12.8. The maximum Gasteiger partial charge on any atom is 0.340 e. The van der Waals surface area contributed by atoms with Crippen molar-refractivity contribution in [3.05, 3.63) is 23.8 Å². The lowest BCUT2D eigenvalue weighted by Crippen LogP contribution is -2.38. The Hall–Kier alpha value is -1.75. The third kappa shape index (κ3) is 3.88. The van der Waals surface area contributed by atoms with E-state index in [9.17, 15) is 4.79 Å². The van der Waals surface area contributed by atoms with Gasteiger partial charge in [0.15, 0.2) is 0 Å². The summed E-state index contributed by atoms with van der Waals surface area (Å²) in [6, 6.07) is 5.45. The molecule has 2 N–H and O–H groups in total. The van der Waals surface area contributed by atoms with Crippen LogP contribution in [0.1, 0.15) is 30.1 Å². The Balaban J connectivity index is 2.23. The molecule has 5 heteroatoms. The minimum atomic E-state index is -0.311. The summed E-state index contributed by atoms with van der Waals surface area (Å²) in [5, 5.41) is 0. The quantitative estimate of drug-likeness (QED) is 0.666. The van der Waals surface area contributed by atoms with Gasteiger partial charge in [-0.2, -0.15) is 0 Å². The molecule has 1 atom stereocenters. The number of methoxy groups -OCH3 is 1. The number of nitrogens with two attached hydrogens (primary N) is 1. The van der Waals surface area contributed by atoms with Crippen molar-refractivity contribution in [1.82, 2.24) is 0 Å². The largest absolute Gasteiger partial charge is 0.462 e. The second-order valence-electron chi connectivity index (χ2n) is 5.41. The fourth-order valence-electron chi connectivity index (χ4n) is 2.86. The number of hydrogen-bond acceptors (Lipinski definition) is 5. The van der Waals surface area contributed by atoms with Crippen molar-refractivity contribution in [2.45, 2.75) is 19.8 Å². The molecule has 2 rings (SSSR count). The number of carbonyl (C=O) groups is 1. The highest BCUT2D eigenvalue weighted by atomic mass is 16.5. The summed E-state index contributed by atoms with van der Waals surface area (Å²) in [5.74, 6) is 0.185. The number of esters is 1. The van der Waals surface area contributed by atoms with Gasteiger partial charge in [0, 0.05) is 25.9 Å². The third-order valence-electron chi connectivity index (χ3n) is 3.78. The number of rotatable bonds is 5. The monoisotopic (exact) mass is 292 g/mol. The minimum absolute atomic E-state index is 0.311. The number of carbonyl (C=O) groups excluding carboxylic acids is 1. The number of nitrogen functional groups attached to an aromatic ring is 1. The first-order chi connectivity index (χ1) is 10.2. The Kier molecular flexibility index (Phi) is 5.44. The van der Waals surface area contributed by atoms with E-state index in [-0.39, 0.29) is 5.97 Å². The van der Waals surface area contributed by atoms with E-state index in [1.54, 1.807) is 20.1 Å². The van der Waals surface area contributed by atoms with Gasteiger partial charge < -0.3 is 20.1 Å². The maximum absolute atomic E-state index is 12.1.